The molecule has 0 aromatic heterocycles. The summed E-state index contributed by atoms with van der Waals surface area (Å²) in [4.78, 5) is 0. The van der Waals surface area contributed by atoms with Crippen LogP contribution in [0.4, 0.5) is 0 Å². The SMILES string of the molecule is COCCNCCCNCc1c(Cl)cccc1Cl. The molecule has 1 aromatic carbocycles. The van der Waals surface area contributed by atoms with Gasteiger partial charge in [0.25, 0.3) is 0 Å². The minimum atomic E-state index is 0.705. The fourth-order valence-electron chi connectivity index (χ4n) is 1.55. The van der Waals surface area contributed by atoms with Crippen LogP contribution in [0.1, 0.15) is 12.0 Å². The molecule has 3 nitrogen and oxygen atoms in total. The molecule has 102 valence electrons. The van der Waals surface area contributed by atoms with Crippen molar-refractivity contribution in [3.63, 3.8) is 0 Å². The van der Waals surface area contributed by atoms with Crippen LogP contribution in [0.5, 0.6) is 0 Å². The standard InChI is InChI=1S/C13H20Cl2N2O/c1-18-9-8-16-6-3-7-17-10-11-12(14)4-2-5-13(11)15/h2,4-5,16-17H,3,6-10H2,1H3. The predicted octanol–water partition coefficient (Wildman–Crippen LogP) is 2.71. The molecule has 0 saturated carbocycles. The van der Waals surface area contributed by atoms with Gasteiger partial charge in [0, 0.05) is 35.8 Å². The van der Waals surface area contributed by atoms with Crippen molar-refractivity contribution in [3.05, 3.63) is 33.8 Å². The summed E-state index contributed by atoms with van der Waals surface area (Å²) in [5.41, 5.74) is 0.966. The van der Waals surface area contributed by atoms with E-state index >= 15 is 0 Å². The van der Waals surface area contributed by atoms with Gasteiger partial charge < -0.3 is 15.4 Å². The minimum Gasteiger partial charge on any atom is -0.383 e. The van der Waals surface area contributed by atoms with E-state index in [1.165, 1.54) is 0 Å². The number of methoxy groups -OCH3 is 1. The van der Waals surface area contributed by atoms with E-state index in [4.69, 9.17) is 27.9 Å². The van der Waals surface area contributed by atoms with Crippen molar-refractivity contribution in [3.8, 4) is 0 Å². The van der Waals surface area contributed by atoms with E-state index in [2.05, 4.69) is 10.6 Å². The smallest absolute Gasteiger partial charge is 0.0587 e. The third-order valence-electron chi connectivity index (χ3n) is 2.55. The second-order valence-corrected chi connectivity index (χ2v) is 4.79. The Balaban J connectivity index is 2.11. The molecule has 0 aliphatic carbocycles. The Morgan fingerprint density at radius 1 is 1.06 bits per heavy atom. The topological polar surface area (TPSA) is 33.3 Å². The summed E-state index contributed by atoms with van der Waals surface area (Å²) in [6.45, 7) is 4.26. The summed E-state index contributed by atoms with van der Waals surface area (Å²) >= 11 is 12.2. The van der Waals surface area contributed by atoms with Crippen LogP contribution in [0.25, 0.3) is 0 Å². The van der Waals surface area contributed by atoms with Gasteiger partial charge in [-0.3, -0.25) is 0 Å². The summed E-state index contributed by atoms with van der Waals surface area (Å²) in [6, 6.07) is 5.57. The van der Waals surface area contributed by atoms with Crippen molar-refractivity contribution in [2.75, 3.05) is 33.4 Å². The van der Waals surface area contributed by atoms with Crippen LogP contribution in [0.3, 0.4) is 0 Å². The maximum atomic E-state index is 6.08. The van der Waals surface area contributed by atoms with E-state index in [9.17, 15) is 0 Å². The largest absolute Gasteiger partial charge is 0.383 e. The number of nitrogens with one attached hydrogen (secondary N) is 2. The molecule has 0 aliphatic heterocycles. The lowest BCUT2D eigenvalue weighted by atomic mass is 10.2. The van der Waals surface area contributed by atoms with Gasteiger partial charge in [-0.2, -0.15) is 0 Å². The maximum absolute atomic E-state index is 6.08. The highest BCUT2D eigenvalue weighted by Crippen LogP contribution is 2.23. The summed E-state index contributed by atoms with van der Waals surface area (Å²) < 4.78 is 4.95. The van der Waals surface area contributed by atoms with Crippen molar-refractivity contribution in [1.82, 2.24) is 10.6 Å². The van der Waals surface area contributed by atoms with E-state index in [1.54, 1.807) is 7.11 Å². The van der Waals surface area contributed by atoms with Crippen molar-refractivity contribution < 1.29 is 4.74 Å². The van der Waals surface area contributed by atoms with Gasteiger partial charge in [-0.05, 0) is 31.6 Å². The van der Waals surface area contributed by atoms with Gasteiger partial charge in [-0.15, -0.1) is 0 Å². The molecule has 0 saturated heterocycles. The molecular formula is C13H20Cl2N2O. The van der Waals surface area contributed by atoms with Gasteiger partial charge in [0.15, 0.2) is 0 Å². The molecule has 18 heavy (non-hydrogen) atoms. The van der Waals surface area contributed by atoms with Crippen LogP contribution in [-0.2, 0) is 11.3 Å². The summed E-state index contributed by atoms with van der Waals surface area (Å²) in [6.07, 6.45) is 1.06. The third-order valence-corrected chi connectivity index (χ3v) is 3.26. The summed E-state index contributed by atoms with van der Waals surface area (Å²) in [5, 5.41) is 8.06. The lowest BCUT2D eigenvalue weighted by Crippen LogP contribution is -2.24. The first-order valence-electron chi connectivity index (χ1n) is 6.09. The average Bonchev–Trinajstić information content (AvgIpc) is 2.35. The van der Waals surface area contributed by atoms with E-state index in [-0.39, 0.29) is 0 Å². The second-order valence-electron chi connectivity index (χ2n) is 3.97. The molecule has 1 rings (SSSR count). The Labute approximate surface area is 119 Å². The highest BCUT2D eigenvalue weighted by atomic mass is 35.5. The highest BCUT2D eigenvalue weighted by Gasteiger charge is 2.03. The van der Waals surface area contributed by atoms with Gasteiger partial charge in [0.05, 0.1) is 6.61 Å². The maximum Gasteiger partial charge on any atom is 0.0587 e. The van der Waals surface area contributed by atoms with E-state index in [0.717, 1.165) is 38.2 Å². The van der Waals surface area contributed by atoms with Crippen LogP contribution in [-0.4, -0.2) is 33.4 Å². The predicted molar refractivity (Wildman–Crippen MR) is 77.5 cm³/mol. The summed E-state index contributed by atoms with van der Waals surface area (Å²) in [7, 11) is 1.70. The zero-order chi connectivity index (χ0) is 13.2. The Morgan fingerprint density at radius 2 is 1.72 bits per heavy atom. The lowest BCUT2D eigenvalue weighted by molar-refractivity contribution is 0.199. The quantitative estimate of drug-likeness (QED) is 0.686. The van der Waals surface area contributed by atoms with Crippen LogP contribution in [0.15, 0.2) is 18.2 Å². The first-order valence-corrected chi connectivity index (χ1v) is 6.84. The molecule has 0 spiro atoms. The Hall–Kier alpha value is -0.320. The molecule has 0 unspecified atom stereocenters. The number of hydrogen-bond donors (Lipinski definition) is 2. The fourth-order valence-corrected chi connectivity index (χ4v) is 2.08. The molecule has 0 heterocycles. The molecule has 0 atom stereocenters. The number of rotatable bonds is 9. The summed E-state index contributed by atoms with van der Waals surface area (Å²) in [5.74, 6) is 0. The first kappa shape index (κ1) is 15.7. The number of hydrogen-bond acceptors (Lipinski definition) is 3. The Kier molecular flexibility index (Phi) is 8.38. The average molecular weight is 291 g/mol. The molecular weight excluding hydrogens is 271 g/mol. The molecule has 0 bridgehead atoms. The molecule has 5 heteroatoms. The molecule has 0 amide bonds. The second kappa shape index (κ2) is 9.59. The van der Waals surface area contributed by atoms with E-state index in [0.29, 0.717) is 16.6 Å². The molecule has 0 fully saturated rings. The van der Waals surface area contributed by atoms with Crippen molar-refractivity contribution in [2.45, 2.75) is 13.0 Å². The van der Waals surface area contributed by atoms with Gasteiger partial charge >= 0.3 is 0 Å². The molecule has 2 N–H and O–H groups in total. The van der Waals surface area contributed by atoms with Crippen LogP contribution in [0, 0.1) is 0 Å². The third kappa shape index (κ3) is 6.03. The van der Waals surface area contributed by atoms with E-state index < -0.39 is 0 Å². The zero-order valence-corrected chi connectivity index (χ0v) is 12.2. The number of halogens is 2. The highest BCUT2D eigenvalue weighted by molar-refractivity contribution is 6.35. The van der Waals surface area contributed by atoms with Crippen LogP contribution < -0.4 is 10.6 Å². The van der Waals surface area contributed by atoms with Gasteiger partial charge in [0.2, 0.25) is 0 Å². The van der Waals surface area contributed by atoms with E-state index in [1.807, 2.05) is 18.2 Å². The van der Waals surface area contributed by atoms with Gasteiger partial charge in [-0.1, -0.05) is 29.3 Å². The fraction of sp³-hybridized carbons (Fsp3) is 0.538. The van der Waals surface area contributed by atoms with Crippen molar-refractivity contribution in [2.24, 2.45) is 0 Å². The van der Waals surface area contributed by atoms with Crippen LogP contribution in [0.2, 0.25) is 10.0 Å². The van der Waals surface area contributed by atoms with Gasteiger partial charge in [0.1, 0.15) is 0 Å². The Morgan fingerprint density at radius 3 is 2.39 bits per heavy atom. The number of benzene rings is 1. The molecule has 0 aliphatic rings. The minimum absolute atomic E-state index is 0.705. The monoisotopic (exact) mass is 290 g/mol. The molecule has 1 aromatic rings. The Bertz CT molecular complexity index is 328. The molecule has 0 radical (unpaired) electrons. The number of ether oxygens (including phenoxy) is 1. The van der Waals surface area contributed by atoms with Crippen molar-refractivity contribution >= 4 is 23.2 Å². The van der Waals surface area contributed by atoms with Gasteiger partial charge in [-0.25, -0.2) is 0 Å². The normalized spacial score (nSPS) is 10.8. The lowest BCUT2D eigenvalue weighted by Gasteiger charge is -2.09. The first-order chi connectivity index (χ1) is 8.75. The van der Waals surface area contributed by atoms with Crippen molar-refractivity contribution in [1.29, 1.82) is 0 Å². The zero-order valence-electron chi connectivity index (χ0n) is 10.6. The van der Waals surface area contributed by atoms with Crippen LogP contribution >= 0.6 is 23.2 Å².